The van der Waals surface area contributed by atoms with Gasteiger partial charge in [0.05, 0.1) is 31.8 Å². The van der Waals surface area contributed by atoms with Crippen molar-refractivity contribution in [3.63, 3.8) is 0 Å². The summed E-state index contributed by atoms with van der Waals surface area (Å²) in [6, 6.07) is -0.931. The van der Waals surface area contributed by atoms with E-state index in [1.165, 1.54) is 0 Å². The fraction of sp³-hybridized carbons (Fsp3) is 0.692. The first kappa shape index (κ1) is 18.2. The summed E-state index contributed by atoms with van der Waals surface area (Å²) in [5, 5.41) is 7.69. The van der Waals surface area contributed by atoms with E-state index in [1.807, 2.05) is 0 Å². The van der Waals surface area contributed by atoms with E-state index < -0.39 is 18.0 Å². The third kappa shape index (κ3) is 6.29. The zero-order valence-corrected chi connectivity index (χ0v) is 12.3. The number of nitrogens with two attached hydrogens (primary N) is 1. The highest BCUT2D eigenvalue weighted by molar-refractivity contribution is 5.90. The van der Waals surface area contributed by atoms with Gasteiger partial charge in [0, 0.05) is 6.54 Å². The molecule has 1 aliphatic heterocycles. The highest BCUT2D eigenvalue weighted by Crippen LogP contribution is 2.13. The molecule has 1 saturated heterocycles. The van der Waals surface area contributed by atoms with E-state index in [9.17, 15) is 19.2 Å². The first-order chi connectivity index (χ1) is 10.6. The molecule has 9 heteroatoms. The van der Waals surface area contributed by atoms with E-state index in [0.29, 0.717) is 32.3 Å². The number of amides is 2. The molecule has 1 aliphatic rings. The van der Waals surface area contributed by atoms with Crippen LogP contribution in [0.2, 0.25) is 0 Å². The number of carbonyl (C=O) groups is 4. The van der Waals surface area contributed by atoms with E-state index in [2.05, 4.69) is 16.0 Å². The van der Waals surface area contributed by atoms with Crippen LogP contribution < -0.4 is 21.7 Å². The van der Waals surface area contributed by atoms with Crippen molar-refractivity contribution in [3.05, 3.63) is 0 Å². The predicted octanol–water partition coefficient (Wildman–Crippen LogP) is -2.92. The van der Waals surface area contributed by atoms with Gasteiger partial charge in [-0.05, 0) is 12.8 Å². The molecule has 0 aromatic heterocycles. The molecular formula is C13H22N4O5. The Morgan fingerprint density at radius 2 is 1.95 bits per heavy atom. The Morgan fingerprint density at radius 1 is 1.23 bits per heavy atom. The molecule has 0 saturated carbocycles. The number of carbonyl (C=O) groups excluding carboxylic acids is 4. The number of rotatable bonds is 10. The number of nitrogens with one attached hydrogen (secondary N) is 3. The Morgan fingerprint density at radius 3 is 2.64 bits per heavy atom. The van der Waals surface area contributed by atoms with Crippen LogP contribution in [-0.4, -0.2) is 68.8 Å². The fourth-order valence-electron chi connectivity index (χ4n) is 2.07. The van der Waals surface area contributed by atoms with Crippen LogP contribution in [0.15, 0.2) is 0 Å². The first-order valence-corrected chi connectivity index (χ1v) is 7.13. The van der Waals surface area contributed by atoms with Gasteiger partial charge < -0.3 is 25.9 Å². The Hall–Kier alpha value is -1.84. The van der Waals surface area contributed by atoms with E-state index in [-0.39, 0.29) is 31.4 Å². The largest absolute Gasteiger partial charge is 0.372 e. The van der Waals surface area contributed by atoms with Gasteiger partial charge in [-0.1, -0.05) is 0 Å². The van der Waals surface area contributed by atoms with Gasteiger partial charge in [0.2, 0.25) is 11.8 Å². The molecule has 2 atom stereocenters. The highest BCUT2D eigenvalue weighted by Gasteiger charge is 2.32. The standard InChI is InChI=1S/C13H22N4O5/c14-3-6-22-8-11(19)9-1-2-10(17-9)13(21)16-7-12(20)15-4-5-18/h5,9-10,17H,1-4,6-8,14H2,(H,15,20)(H,16,21)/t9?,10-/m0/s1. The lowest BCUT2D eigenvalue weighted by Gasteiger charge is -2.13. The fourth-order valence-corrected chi connectivity index (χ4v) is 2.07. The molecule has 0 spiro atoms. The van der Waals surface area contributed by atoms with Gasteiger partial charge in [-0.15, -0.1) is 0 Å². The number of hydrogen-bond donors (Lipinski definition) is 4. The van der Waals surface area contributed by atoms with Crippen LogP contribution in [0, 0.1) is 0 Å². The summed E-state index contributed by atoms with van der Waals surface area (Å²) in [5.41, 5.74) is 5.26. The first-order valence-electron chi connectivity index (χ1n) is 7.13. The van der Waals surface area contributed by atoms with Crippen LogP contribution in [0.3, 0.4) is 0 Å². The topological polar surface area (TPSA) is 140 Å². The Kier molecular flexibility index (Phi) is 8.26. The van der Waals surface area contributed by atoms with Gasteiger partial charge in [0.25, 0.3) is 0 Å². The zero-order chi connectivity index (χ0) is 16.4. The summed E-state index contributed by atoms with van der Waals surface area (Å²) in [4.78, 5) is 45.0. The molecule has 1 unspecified atom stereocenters. The summed E-state index contributed by atoms with van der Waals surface area (Å²) in [7, 11) is 0. The van der Waals surface area contributed by atoms with Gasteiger partial charge in [-0.3, -0.25) is 19.7 Å². The van der Waals surface area contributed by atoms with Crippen molar-refractivity contribution < 1.29 is 23.9 Å². The molecule has 1 heterocycles. The van der Waals surface area contributed by atoms with Gasteiger partial charge in [-0.2, -0.15) is 0 Å². The number of hydrogen-bond acceptors (Lipinski definition) is 7. The smallest absolute Gasteiger partial charge is 0.239 e. The molecule has 0 aromatic carbocycles. The van der Waals surface area contributed by atoms with Crippen LogP contribution in [0.5, 0.6) is 0 Å². The molecule has 124 valence electrons. The summed E-state index contributed by atoms with van der Waals surface area (Å²) < 4.78 is 5.07. The van der Waals surface area contributed by atoms with Crippen molar-refractivity contribution in [3.8, 4) is 0 Å². The second-order valence-electron chi connectivity index (χ2n) is 4.85. The summed E-state index contributed by atoms with van der Waals surface area (Å²) in [6.45, 7) is 0.344. The normalized spacial score (nSPS) is 20.4. The minimum absolute atomic E-state index is 0.0304. The Balaban J connectivity index is 2.27. The lowest BCUT2D eigenvalue weighted by molar-refractivity contribution is -0.128. The van der Waals surface area contributed by atoms with Gasteiger partial charge >= 0.3 is 0 Å². The number of ketones is 1. The lowest BCUT2D eigenvalue weighted by atomic mass is 10.1. The second kappa shape index (κ2) is 9.98. The van der Waals surface area contributed by atoms with E-state index >= 15 is 0 Å². The van der Waals surface area contributed by atoms with Gasteiger partial charge in [0.1, 0.15) is 12.9 Å². The van der Waals surface area contributed by atoms with Crippen molar-refractivity contribution in [1.29, 1.82) is 0 Å². The van der Waals surface area contributed by atoms with E-state index in [4.69, 9.17) is 10.5 Å². The maximum atomic E-state index is 11.9. The van der Waals surface area contributed by atoms with Gasteiger partial charge in [0.15, 0.2) is 5.78 Å². The van der Waals surface area contributed by atoms with Crippen LogP contribution >= 0.6 is 0 Å². The minimum atomic E-state index is -0.512. The quantitative estimate of drug-likeness (QED) is 0.250. The number of Topliss-reactive ketones (excluding diaryl/α,β-unsaturated/α-hetero) is 1. The summed E-state index contributed by atoms with van der Waals surface area (Å²) in [5.74, 6) is -0.909. The summed E-state index contributed by atoms with van der Waals surface area (Å²) in [6.07, 6.45) is 1.61. The van der Waals surface area contributed by atoms with Crippen molar-refractivity contribution in [1.82, 2.24) is 16.0 Å². The minimum Gasteiger partial charge on any atom is -0.372 e. The molecule has 1 fully saturated rings. The van der Waals surface area contributed by atoms with Crippen molar-refractivity contribution in [2.24, 2.45) is 5.73 Å². The monoisotopic (exact) mass is 314 g/mol. The average Bonchev–Trinajstić information content (AvgIpc) is 3.00. The SMILES string of the molecule is NCCOCC(=O)C1CC[C@@H](C(=O)NCC(=O)NCC=O)N1. The predicted molar refractivity (Wildman–Crippen MR) is 76.9 cm³/mol. The van der Waals surface area contributed by atoms with Crippen LogP contribution in [0.4, 0.5) is 0 Å². The summed E-state index contributed by atoms with van der Waals surface area (Å²) >= 11 is 0. The number of aldehydes is 1. The Bertz CT molecular complexity index is 415. The van der Waals surface area contributed by atoms with Crippen LogP contribution in [0.25, 0.3) is 0 Å². The van der Waals surface area contributed by atoms with E-state index in [0.717, 1.165) is 0 Å². The maximum absolute atomic E-state index is 11.9. The molecule has 22 heavy (non-hydrogen) atoms. The van der Waals surface area contributed by atoms with Crippen molar-refractivity contribution in [2.75, 3.05) is 32.8 Å². The zero-order valence-electron chi connectivity index (χ0n) is 12.3. The molecular weight excluding hydrogens is 292 g/mol. The Labute approximate surface area is 128 Å². The third-order valence-electron chi connectivity index (χ3n) is 3.16. The van der Waals surface area contributed by atoms with Crippen LogP contribution in [-0.2, 0) is 23.9 Å². The number of ether oxygens (including phenoxy) is 1. The molecule has 9 nitrogen and oxygen atoms in total. The highest BCUT2D eigenvalue weighted by atomic mass is 16.5. The lowest BCUT2D eigenvalue weighted by Crippen LogP contribution is -2.47. The third-order valence-corrected chi connectivity index (χ3v) is 3.16. The van der Waals surface area contributed by atoms with Crippen LogP contribution in [0.1, 0.15) is 12.8 Å². The molecule has 5 N–H and O–H groups in total. The molecule has 1 rings (SSSR count). The average molecular weight is 314 g/mol. The molecule has 2 amide bonds. The maximum Gasteiger partial charge on any atom is 0.239 e. The molecule has 0 aliphatic carbocycles. The van der Waals surface area contributed by atoms with Crippen molar-refractivity contribution in [2.45, 2.75) is 24.9 Å². The van der Waals surface area contributed by atoms with Gasteiger partial charge in [-0.25, -0.2) is 0 Å². The van der Waals surface area contributed by atoms with Crippen molar-refractivity contribution >= 4 is 23.9 Å². The molecule has 0 bridgehead atoms. The molecule has 0 aromatic rings. The molecule has 0 radical (unpaired) electrons. The van der Waals surface area contributed by atoms with E-state index in [1.54, 1.807) is 0 Å². The second-order valence-corrected chi connectivity index (χ2v) is 4.85.